The van der Waals surface area contributed by atoms with Gasteiger partial charge in [-0.1, -0.05) is 0 Å². The van der Waals surface area contributed by atoms with Gasteiger partial charge in [-0.3, -0.25) is 4.79 Å². The van der Waals surface area contributed by atoms with Crippen LogP contribution < -0.4 is 0 Å². The molecule has 0 aromatic carbocycles. The van der Waals surface area contributed by atoms with Crippen molar-refractivity contribution >= 4 is 5.91 Å². The number of rotatable bonds is 3. The van der Waals surface area contributed by atoms with Gasteiger partial charge in [0.2, 0.25) is 5.91 Å². The number of nitrogens with zero attached hydrogens (tertiary/aromatic N) is 1. The van der Waals surface area contributed by atoms with Crippen LogP contribution in [0.25, 0.3) is 0 Å². The number of aliphatic hydroxyl groups excluding tert-OH is 1. The summed E-state index contributed by atoms with van der Waals surface area (Å²) in [6.45, 7) is 1.42. The molecule has 12 heavy (non-hydrogen) atoms. The molecule has 1 atom stereocenters. The molecule has 0 saturated carbocycles. The van der Waals surface area contributed by atoms with Crippen LogP contribution in [0.3, 0.4) is 0 Å². The molecule has 0 spiro atoms. The van der Waals surface area contributed by atoms with E-state index in [1.807, 2.05) is 0 Å². The van der Waals surface area contributed by atoms with Crippen LogP contribution >= 0.6 is 0 Å². The molecule has 1 rings (SSSR count). The van der Waals surface area contributed by atoms with Crippen molar-refractivity contribution in [1.82, 2.24) is 4.90 Å². The van der Waals surface area contributed by atoms with Crippen molar-refractivity contribution < 1.29 is 9.90 Å². The van der Waals surface area contributed by atoms with Crippen LogP contribution in [0, 0.1) is 18.3 Å². The van der Waals surface area contributed by atoms with Crippen LogP contribution in [-0.2, 0) is 4.79 Å². The number of terminal acetylenes is 1. The molecule has 1 saturated heterocycles. The Bertz CT molecular complexity index is 207. The number of amides is 1. The molecule has 1 fully saturated rings. The summed E-state index contributed by atoms with van der Waals surface area (Å²) >= 11 is 0. The first kappa shape index (κ1) is 9.08. The molecular formula is C9H13NO2. The molecule has 66 valence electrons. The van der Waals surface area contributed by atoms with E-state index in [9.17, 15) is 4.79 Å². The van der Waals surface area contributed by atoms with Gasteiger partial charge >= 0.3 is 0 Å². The maximum atomic E-state index is 11.2. The molecule has 1 N–H and O–H groups in total. The van der Waals surface area contributed by atoms with E-state index in [2.05, 4.69) is 5.92 Å². The van der Waals surface area contributed by atoms with Crippen molar-refractivity contribution in [3.8, 4) is 12.3 Å². The topological polar surface area (TPSA) is 40.5 Å². The maximum Gasteiger partial charge on any atom is 0.223 e. The summed E-state index contributed by atoms with van der Waals surface area (Å²) in [5, 5.41) is 8.56. The fourth-order valence-electron chi connectivity index (χ4n) is 1.36. The van der Waals surface area contributed by atoms with Crippen LogP contribution in [0.15, 0.2) is 0 Å². The van der Waals surface area contributed by atoms with E-state index in [1.54, 1.807) is 4.90 Å². The molecule has 0 radical (unpaired) electrons. The molecular weight excluding hydrogens is 154 g/mol. The third-order valence-corrected chi connectivity index (χ3v) is 2.04. The second-order valence-electron chi connectivity index (χ2n) is 2.98. The summed E-state index contributed by atoms with van der Waals surface area (Å²) in [6, 6.07) is 0. The minimum atomic E-state index is 0.0798. The van der Waals surface area contributed by atoms with E-state index in [-0.39, 0.29) is 18.4 Å². The van der Waals surface area contributed by atoms with Gasteiger partial charge in [0.05, 0.1) is 0 Å². The summed E-state index contributed by atoms with van der Waals surface area (Å²) in [5.74, 6) is 2.77. The molecule has 0 aliphatic carbocycles. The highest BCUT2D eigenvalue weighted by Crippen LogP contribution is 2.16. The fraction of sp³-hybridized carbons (Fsp3) is 0.667. The monoisotopic (exact) mass is 167 g/mol. The van der Waals surface area contributed by atoms with E-state index < -0.39 is 0 Å². The smallest absolute Gasteiger partial charge is 0.223 e. The molecule has 0 bridgehead atoms. The van der Waals surface area contributed by atoms with Crippen molar-refractivity contribution in [2.75, 3.05) is 19.7 Å². The largest absolute Gasteiger partial charge is 0.396 e. The van der Waals surface area contributed by atoms with Crippen molar-refractivity contribution in [3.05, 3.63) is 0 Å². The minimum absolute atomic E-state index is 0.0798. The van der Waals surface area contributed by atoms with Crippen molar-refractivity contribution in [3.63, 3.8) is 0 Å². The van der Waals surface area contributed by atoms with E-state index in [4.69, 9.17) is 11.5 Å². The number of hydrogen-bond donors (Lipinski definition) is 1. The normalized spacial score (nSPS) is 22.8. The van der Waals surface area contributed by atoms with Crippen molar-refractivity contribution in [2.45, 2.75) is 12.8 Å². The Morgan fingerprint density at radius 1 is 1.75 bits per heavy atom. The number of carbonyl (C=O) groups is 1. The lowest BCUT2D eigenvalue weighted by molar-refractivity contribution is -0.127. The highest BCUT2D eigenvalue weighted by molar-refractivity contribution is 5.79. The lowest BCUT2D eigenvalue weighted by Gasteiger charge is -2.14. The zero-order valence-corrected chi connectivity index (χ0v) is 6.99. The van der Waals surface area contributed by atoms with Gasteiger partial charge in [0, 0.05) is 32.0 Å². The van der Waals surface area contributed by atoms with E-state index in [0.717, 1.165) is 0 Å². The predicted octanol–water partition coefficient (Wildman–Crippen LogP) is -0.150. The SMILES string of the molecule is C#CC1CC(=O)N(CCCO)C1. The second kappa shape index (κ2) is 4.13. The second-order valence-corrected chi connectivity index (χ2v) is 2.98. The van der Waals surface area contributed by atoms with Gasteiger partial charge in [0.15, 0.2) is 0 Å². The summed E-state index contributed by atoms with van der Waals surface area (Å²) in [7, 11) is 0. The van der Waals surface area contributed by atoms with Crippen LogP contribution in [0.2, 0.25) is 0 Å². The molecule has 1 aliphatic rings. The average Bonchev–Trinajstić information content (AvgIpc) is 2.43. The van der Waals surface area contributed by atoms with Gasteiger partial charge in [-0.25, -0.2) is 0 Å². The summed E-state index contributed by atoms with van der Waals surface area (Å²) < 4.78 is 0. The van der Waals surface area contributed by atoms with Gasteiger partial charge in [-0.2, -0.15) is 0 Å². The average molecular weight is 167 g/mol. The van der Waals surface area contributed by atoms with Gasteiger partial charge in [-0.15, -0.1) is 12.3 Å². The van der Waals surface area contributed by atoms with Crippen LogP contribution in [0.5, 0.6) is 0 Å². The number of aliphatic hydroxyl groups is 1. The highest BCUT2D eigenvalue weighted by Gasteiger charge is 2.27. The quantitative estimate of drug-likeness (QED) is 0.594. The zero-order valence-electron chi connectivity index (χ0n) is 6.99. The van der Waals surface area contributed by atoms with Crippen molar-refractivity contribution in [2.24, 2.45) is 5.92 Å². The van der Waals surface area contributed by atoms with Crippen LogP contribution in [0.1, 0.15) is 12.8 Å². The lowest BCUT2D eigenvalue weighted by atomic mass is 10.1. The first-order chi connectivity index (χ1) is 5.77. The highest BCUT2D eigenvalue weighted by atomic mass is 16.3. The first-order valence-electron chi connectivity index (χ1n) is 4.12. The van der Waals surface area contributed by atoms with E-state index in [1.165, 1.54) is 0 Å². The molecule has 1 aliphatic heterocycles. The lowest BCUT2D eigenvalue weighted by Crippen LogP contribution is -2.26. The molecule has 3 heteroatoms. The number of hydrogen-bond acceptors (Lipinski definition) is 2. The van der Waals surface area contributed by atoms with Gasteiger partial charge in [0.1, 0.15) is 0 Å². The third kappa shape index (κ3) is 1.99. The summed E-state index contributed by atoms with van der Waals surface area (Å²) in [4.78, 5) is 12.9. The van der Waals surface area contributed by atoms with E-state index >= 15 is 0 Å². The molecule has 0 aromatic heterocycles. The maximum absolute atomic E-state index is 11.2. The summed E-state index contributed by atoms with van der Waals surface area (Å²) in [5.41, 5.74) is 0. The molecule has 1 heterocycles. The Labute approximate surface area is 72.4 Å². The first-order valence-corrected chi connectivity index (χ1v) is 4.12. The Kier molecular flexibility index (Phi) is 3.12. The fourth-order valence-corrected chi connectivity index (χ4v) is 1.36. The van der Waals surface area contributed by atoms with Crippen LogP contribution in [-0.4, -0.2) is 35.6 Å². The van der Waals surface area contributed by atoms with Gasteiger partial charge < -0.3 is 10.0 Å². The van der Waals surface area contributed by atoms with Crippen LogP contribution in [0.4, 0.5) is 0 Å². The predicted molar refractivity (Wildman–Crippen MR) is 45.2 cm³/mol. The van der Waals surface area contributed by atoms with E-state index in [0.29, 0.717) is 25.9 Å². The molecule has 1 amide bonds. The molecule has 0 aromatic rings. The molecule has 1 unspecified atom stereocenters. The number of likely N-dealkylation sites (tertiary alicyclic amines) is 1. The third-order valence-electron chi connectivity index (χ3n) is 2.04. The van der Waals surface area contributed by atoms with Gasteiger partial charge in [0.25, 0.3) is 0 Å². The Morgan fingerprint density at radius 2 is 2.50 bits per heavy atom. The molecule has 3 nitrogen and oxygen atoms in total. The van der Waals surface area contributed by atoms with Crippen molar-refractivity contribution in [1.29, 1.82) is 0 Å². The summed E-state index contributed by atoms with van der Waals surface area (Å²) in [6.07, 6.45) is 6.32. The Morgan fingerprint density at radius 3 is 3.00 bits per heavy atom. The minimum Gasteiger partial charge on any atom is -0.396 e. The Hall–Kier alpha value is -1.01. The Balaban J connectivity index is 2.37. The standard InChI is InChI=1S/C9H13NO2/c1-2-8-6-9(12)10(7-8)4-3-5-11/h1,8,11H,3-7H2. The zero-order chi connectivity index (χ0) is 8.97. The van der Waals surface area contributed by atoms with Gasteiger partial charge in [-0.05, 0) is 6.42 Å². The number of carbonyl (C=O) groups excluding carboxylic acids is 1.